The van der Waals surface area contributed by atoms with Crippen molar-refractivity contribution < 1.29 is 66.8 Å². The first kappa shape index (κ1) is 73.5. The number of carboxylic acids is 1. The molecule has 1 N–H and O–H groups in total. The summed E-state index contributed by atoms with van der Waals surface area (Å²) in [6, 6.07) is 0. The Bertz CT molecular complexity index is 1370. The fourth-order valence-electron chi connectivity index (χ4n) is 2.81. The molecule has 0 fully saturated rings. The summed E-state index contributed by atoms with van der Waals surface area (Å²) in [5.41, 5.74) is -1.59. The van der Waals surface area contributed by atoms with Gasteiger partial charge in [-0.1, -0.05) is 0 Å². The molecule has 353 valence electrons. The van der Waals surface area contributed by atoms with Crippen LogP contribution >= 0.6 is 11.8 Å². The number of hydrogen-bond acceptors (Lipinski definition) is 10. The maximum atomic E-state index is 11.8. The second kappa shape index (κ2) is 43.4. The molecule has 62 heavy (non-hydrogen) atoms. The van der Waals surface area contributed by atoms with E-state index in [1.165, 1.54) is 11.8 Å². The van der Waals surface area contributed by atoms with Crippen molar-refractivity contribution in [2.45, 2.75) is 136 Å². The third kappa shape index (κ3) is 63.8. The Balaban J connectivity index is -0.000000127. The van der Waals surface area contributed by atoms with Crippen LogP contribution in [0.1, 0.15) is 102 Å². The number of sulfone groups is 1. The Morgan fingerprint density at radius 3 is 1.18 bits per heavy atom. The van der Waals surface area contributed by atoms with Crippen molar-refractivity contribution in [3.63, 3.8) is 0 Å². The Morgan fingerprint density at radius 2 is 0.935 bits per heavy atom. The molecule has 1 atom stereocenters. The van der Waals surface area contributed by atoms with Gasteiger partial charge in [-0.05, 0) is 101 Å². The van der Waals surface area contributed by atoms with Gasteiger partial charge in [0.15, 0.2) is 9.84 Å². The van der Waals surface area contributed by atoms with Gasteiger partial charge in [-0.2, -0.15) is 0 Å². The number of carbonyl (C=O) groups is 1. The molecular formula is C43H78N6O10S2Tc+6. The largest absolute Gasteiger partial charge is 6.00 e. The van der Waals surface area contributed by atoms with Crippen molar-refractivity contribution in [2.24, 2.45) is 0 Å². The molecule has 0 spiro atoms. The van der Waals surface area contributed by atoms with Crippen LogP contribution in [-0.4, -0.2) is 152 Å². The number of nitrogens with zero attached hydrogens (tertiary/aromatic N) is 6. The van der Waals surface area contributed by atoms with Crippen LogP contribution in [0.25, 0.3) is 29.1 Å². The number of methoxy groups -OCH3 is 5. The summed E-state index contributed by atoms with van der Waals surface area (Å²) >= 11 is 1.32. The average Bonchev–Trinajstić information content (AvgIpc) is 3.16. The second-order valence-corrected chi connectivity index (χ2v) is 19.8. The van der Waals surface area contributed by atoms with Crippen molar-refractivity contribution in [1.29, 1.82) is 0 Å². The van der Waals surface area contributed by atoms with Gasteiger partial charge in [-0.25, -0.2) is 47.9 Å². The quantitative estimate of drug-likeness (QED) is 0.0773. The maximum Gasteiger partial charge on any atom is 6.00 e. The van der Waals surface area contributed by atoms with Crippen molar-refractivity contribution in [2.75, 3.05) is 98.0 Å². The Kier molecular flexibility index (Phi) is 51.4. The SMILES string of the molecule is [C-]#[N+]CC(C)(C)OC.[C-]#[N+]CC(C)(C)OC.[C-]#[N+]CC(C)(C)OC.[C-]#[N+]CC(C)(C)OC.[C-]#[N+]CC(C)(C)OCCCS(=O)(=O)CSCCCCC(=O)O.[C-]#[N+]CC(C)OC.[Tc+6]. The fourth-order valence-corrected chi connectivity index (χ4v) is 5.74. The molecule has 16 nitrogen and oxygen atoms in total. The van der Waals surface area contributed by atoms with Gasteiger partial charge >= 0.3 is 26.1 Å². The van der Waals surface area contributed by atoms with Crippen LogP contribution in [0.3, 0.4) is 0 Å². The third-order valence-corrected chi connectivity index (χ3v) is 11.1. The van der Waals surface area contributed by atoms with Crippen LogP contribution < -0.4 is 0 Å². The van der Waals surface area contributed by atoms with Gasteiger partial charge in [0.05, 0.1) is 10.8 Å². The fraction of sp³-hybridized carbons (Fsp3) is 0.837. The monoisotopic (exact) mass is 999 g/mol. The van der Waals surface area contributed by atoms with E-state index in [0.29, 0.717) is 64.3 Å². The van der Waals surface area contributed by atoms with Crippen LogP contribution in [0.5, 0.6) is 0 Å². The van der Waals surface area contributed by atoms with Gasteiger partial charge in [0.25, 0.3) is 0 Å². The molecule has 0 aromatic rings. The molecule has 0 aliphatic rings. The zero-order valence-corrected chi connectivity index (χ0v) is 44.0. The van der Waals surface area contributed by atoms with Crippen molar-refractivity contribution >= 4 is 27.6 Å². The van der Waals surface area contributed by atoms with E-state index in [-0.39, 0.29) is 72.4 Å². The van der Waals surface area contributed by atoms with Gasteiger partial charge in [-0.3, -0.25) is 4.79 Å². The molecule has 0 saturated carbocycles. The van der Waals surface area contributed by atoms with E-state index in [9.17, 15) is 13.2 Å². The zero-order chi connectivity index (χ0) is 49.2. The van der Waals surface area contributed by atoms with Gasteiger partial charge < -0.3 is 62.6 Å². The van der Waals surface area contributed by atoms with Crippen molar-refractivity contribution in [1.82, 2.24) is 0 Å². The summed E-state index contributed by atoms with van der Waals surface area (Å²) < 4.78 is 53.7. The maximum absolute atomic E-state index is 11.8. The number of ether oxygens (including phenoxy) is 6. The first-order valence-electron chi connectivity index (χ1n) is 19.3. The summed E-state index contributed by atoms with van der Waals surface area (Å²) in [5.74, 6) is -0.0941. The molecule has 19 heteroatoms. The summed E-state index contributed by atoms with van der Waals surface area (Å²) in [6.07, 6.45) is 1.93. The normalized spacial score (nSPS) is 11.3. The van der Waals surface area contributed by atoms with Gasteiger partial charge in [0.2, 0.25) is 39.3 Å². The third-order valence-electron chi connectivity index (χ3n) is 7.54. The van der Waals surface area contributed by atoms with Crippen LogP contribution in [0.15, 0.2) is 0 Å². The first-order chi connectivity index (χ1) is 28.0. The Morgan fingerprint density at radius 1 is 0.597 bits per heavy atom. The molecule has 0 bridgehead atoms. The molecule has 0 saturated heterocycles. The molecule has 0 aliphatic heterocycles. The predicted molar refractivity (Wildman–Crippen MR) is 247 cm³/mol. The molecule has 0 rings (SSSR count). The van der Waals surface area contributed by atoms with Crippen LogP contribution in [0, 0.1) is 39.4 Å². The van der Waals surface area contributed by atoms with E-state index in [4.69, 9.17) is 73.0 Å². The molecule has 1 radical (unpaired) electrons. The first-order valence-corrected chi connectivity index (χ1v) is 22.3. The minimum Gasteiger partial charge on any atom is -0.481 e. The Labute approximate surface area is 395 Å². The van der Waals surface area contributed by atoms with E-state index in [0.717, 1.165) is 0 Å². The van der Waals surface area contributed by atoms with E-state index in [1.807, 2.05) is 76.2 Å². The number of carboxylic acid groups (broad SMARTS) is 1. The average molecular weight is 1000 g/mol. The summed E-state index contributed by atoms with van der Waals surface area (Å²) in [7, 11) is 4.96. The van der Waals surface area contributed by atoms with Crippen LogP contribution in [0.4, 0.5) is 0 Å². The van der Waals surface area contributed by atoms with E-state index < -0.39 is 21.4 Å². The molecule has 0 aliphatic carbocycles. The molecular weight excluding hydrogens is 923 g/mol. The summed E-state index contributed by atoms with van der Waals surface area (Å²) in [6.45, 7) is 62.6. The van der Waals surface area contributed by atoms with Gasteiger partial charge in [0.1, 0.15) is 34.1 Å². The number of hydrogen-bond donors (Lipinski definition) is 1. The molecule has 1 unspecified atom stereocenters. The van der Waals surface area contributed by atoms with E-state index >= 15 is 0 Å². The van der Waals surface area contributed by atoms with Crippen molar-refractivity contribution in [3.05, 3.63) is 68.5 Å². The van der Waals surface area contributed by atoms with E-state index in [1.54, 1.807) is 35.5 Å². The second-order valence-electron chi connectivity index (χ2n) is 16.1. The van der Waals surface area contributed by atoms with E-state index in [2.05, 4.69) is 29.1 Å². The van der Waals surface area contributed by atoms with Crippen molar-refractivity contribution in [3.8, 4) is 0 Å². The minimum absolute atomic E-state index is 0. The smallest absolute Gasteiger partial charge is 0.481 e. The number of unbranched alkanes of at least 4 members (excludes halogenated alkanes) is 1. The van der Waals surface area contributed by atoms with Crippen LogP contribution in [-0.2, 0) is 63.2 Å². The summed E-state index contributed by atoms with van der Waals surface area (Å²) in [4.78, 5) is 29.5. The Hall–Kier alpha value is -2.88. The summed E-state index contributed by atoms with van der Waals surface area (Å²) in [5, 5.41) is 8.54. The number of thioether (sulfide) groups is 1. The molecule has 0 aromatic carbocycles. The number of aliphatic carboxylic acids is 1. The zero-order valence-electron chi connectivity index (χ0n) is 40.5. The predicted octanol–water partition coefficient (Wildman–Crippen LogP) is 8.71. The molecule has 0 aromatic heterocycles. The molecule has 0 heterocycles. The van der Waals surface area contributed by atoms with Crippen LogP contribution in [0.2, 0.25) is 0 Å². The van der Waals surface area contributed by atoms with Gasteiger partial charge in [0, 0.05) is 48.6 Å². The molecule has 0 amide bonds. The topological polar surface area (TPSA) is 153 Å². The number of rotatable bonds is 23. The standard InChI is InChI=1S/C14H25NO5S2.4C6H11NO.C5H9NO.Tc/c1-14(2,11-15-3)20-8-6-10-22(18,19)12-21-9-5-4-7-13(16)17;4*1-6(2,8-4)5-7-3;1-5(7-3)4-6-2;/h4-12H2,1-2H3,(H,16,17);4*5H2,1-2,4H3;5H,4H2,1,3H3;/q;;;;;;+6. The van der Waals surface area contributed by atoms with Gasteiger partial charge in [-0.15, -0.1) is 11.8 Å². The minimum atomic E-state index is -3.11.